The van der Waals surface area contributed by atoms with Crippen molar-refractivity contribution < 1.29 is 14.3 Å². The molecule has 108 valence electrons. The normalized spacial score (nSPS) is 12.2. The van der Waals surface area contributed by atoms with Gasteiger partial charge < -0.3 is 26.3 Å². The number of rotatable bonds is 4. The minimum Gasteiger partial charge on any atom is -0.454 e. The van der Waals surface area contributed by atoms with E-state index in [0.717, 1.165) is 17.1 Å². The van der Waals surface area contributed by atoms with Gasteiger partial charge in [-0.15, -0.1) is 0 Å². The van der Waals surface area contributed by atoms with Crippen molar-refractivity contribution in [1.82, 2.24) is 4.98 Å². The topological polar surface area (TPSA) is 112 Å². The zero-order chi connectivity index (χ0) is 14.8. The molecule has 1 aliphatic heterocycles. The van der Waals surface area contributed by atoms with Gasteiger partial charge in [0.1, 0.15) is 5.82 Å². The van der Waals surface area contributed by atoms with Gasteiger partial charge >= 0.3 is 0 Å². The maximum Gasteiger partial charge on any atom is 0.250 e. The molecule has 3 rings (SSSR count). The summed E-state index contributed by atoms with van der Waals surface area (Å²) in [6.07, 6.45) is 1.40. The van der Waals surface area contributed by atoms with Crippen molar-refractivity contribution in [1.29, 1.82) is 0 Å². The molecule has 21 heavy (non-hydrogen) atoms. The minimum atomic E-state index is -0.582. The number of nitrogen functional groups attached to an aromatic ring is 1. The van der Waals surface area contributed by atoms with Crippen LogP contribution in [0.25, 0.3) is 0 Å². The third-order valence-electron chi connectivity index (χ3n) is 3.11. The number of benzene rings is 1. The number of aromatic nitrogens is 1. The van der Waals surface area contributed by atoms with E-state index in [0.29, 0.717) is 12.4 Å². The summed E-state index contributed by atoms with van der Waals surface area (Å²) in [7, 11) is 0. The number of primary amides is 1. The van der Waals surface area contributed by atoms with E-state index in [2.05, 4.69) is 10.3 Å². The lowest BCUT2D eigenvalue weighted by Gasteiger charge is -2.08. The van der Waals surface area contributed by atoms with Crippen molar-refractivity contribution in [3.05, 3.63) is 41.6 Å². The Morgan fingerprint density at radius 1 is 1.29 bits per heavy atom. The van der Waals surface area contributed by atoms with Gasteiger partial charge in [0.25, 0.3) is 5.91 Å². The molecule has 0 saturated heterocycles. The minimum absolute atomic E-state index is 0.244. The van der Waals surface area contributed by atoms with Crippen LogP contribution in [0.1, 0.15) is 15.9 Å². The number of carbonyl (C=O) groups is 1. The number of fused-ring (bicyclic) bond motifs is 1. The Morgan fingerprint density at radius 3 is 2.90 bits per heavy atom. The number of nitrogens with zero attached hydrogens (tertiary/aromatic N) is 1. The van der Waals surface area contributed by atoms with Gasteiger partial charge in [-0.1, -0.05) is 6.07 Å². The molecule has 2 aromatic rings. The van der Waals surface area contributed by atoms with Crippen LogP contribution < -0.4 is 26.3 Å². The SMILES string of the molecule is NC(=O)c1cc(NCc2ccc3c(c2)OCO3)ncc1N. The van der Waals surface area contributed by atoms with E-state index in [1.54, 1.807) is 0 Å². The quantitative estimate of drug-likeness (QED) is 0.776. The molecule has 0 unspecified atom stereocenters. The second-order valence-electron chi connectivity index (χ2n) is 4.56. The molecule has 1 aromatic heterocycles. The first-order valence-electron chi connectivity index (χ1n) is 6.31. The lowest BCUT2D eigenvalue weighted by Crippen LogP contribution is -2.14. The second kappa shape index (κ2) is 5.20. The molecule has 5 N–H and O–H groups in total. The molecular formula is C14H14N4O3. The van der Waals surface area contributed by atoms with Crippen LogP contribution in [-0.2, 0) is 6.54 Å². The molecule has 0 bridgehead atoms. The summed E-state index contributed by atoms with van der Waals surface area (Å²) in [5, 5.41) is 3.10. The van der Waals surface area contributed by atoms with Crippen LogP contribution in [0.2, 0.25) is 0 Å². The molecule has 1 aliphatic rings. The van der Waals surface area contributed by atoms with E-state index in [9.17, 15) is 4.79 Å². The van der Waals surface area contributed by atoms with Gasteiger partial charge in [-0.3, -0.25) is 4.79 Å². The highest BCUT2D eigenvalue weighted by Crippen LogP contribution is 2.32. The fourth-order valence-electron chi connectivity index (χ4n) is 2.02. The number of nitrogens with one attached hydrogen (secondary N) is 1. The molecule has 7 heteroatoms. The number of amides is 1. The zero-order valence-corrected chi connectivity index (χ0v) is 11.1. The van der Waals surface area contributed by atoms with Crippen LogP contribution in [-0.4, -0.2) is 17.7 Å². The molecule has 0 fully saturated rings. The van der Waals surface area contributed by atoms with Crippen LogP contribution >= 0.6 is 0 Å². The molecule has 0 aliphatic carbocycles. The molecule has 0 spiro atoms. The smallest absolute Gasteiger partial charge is 0.250 e. The Morgan fingerprint density at radius 2 is 2.10 bits per heavy atom. The molecule has 1 aromatic carbocycles. The first-order chi connectivity index (χ1) is 10.1. The summed E-state index contributed by atoms with van der Waals surface area (Å²) < 4.78 is 10.6. The van der Waals surface area contributed by atoms with E-state index >= 15 is 0 Å². The summed E-state index contributed by atoms with van der Waals surface area (Å²) in [4.78, 5) is 15.3. The first kappa shape index (κ1) is 13.0. The Bertz CT molecular complexity index is 703. The van der Waals surface area contributed by atoms with Crippen molar-refractivity contribution in [2.45, 2.75) is 6.54 Å². The monoisotopic (exact) mass is 286 g/mol. The summed E-state index contributed by atoms with van der Waals surface area (Å²) in [5.41, 5.74) is 12.4. The molecule has 7 nitrogen and oxygen atoms in total. The lowest BCUT2D eigenvalue weighted by molar-refractivity contribution is 0.100. The van der Waals surface area contributed by atoms with E-state index in [4.69, 9.17) is 20.9 Å². The van der Waals surface area contributed by atoms with Gasteiger partial charge in [-0.25, -0.2) is 4.98 Å². The fraction of sp³-hybridized carbons (Fsp3) is 0.143. The second-order valence-corrected chi connectivity index (χ2v) is 4.56. The van der Waals surface area contributed by atoms with E-state index in [1.807, 2.05) is 18.2 Å². The molecule has 0 saturated carbocycles. The van der Waals surface area contributed by atoms with Gasteiger partial charge in [0.2, 0.25) is 6.79 Å². The highest BCUT2D eigenvalue weighted by molar-refractivity contribution is 5.98. The Kier molecular flexibility index (Phi) is 3.23. The number of ether oxygens (including phenoxy) is 2. The lowest BCUT2D eigenvalue weighted by atomic mass is 10.2. The van der Waals surface area contributed by atoms with Gasteiger partial charge in [0.15, 0.2) is 11.5 Å². The van der Waals surface area contributed by atoms with Crippen LogP contribution in [0.5, 0.6) is 11.5 Å². The van der Waals surface area contributed by atoms with E-state index in [1.165, 1.54) is 12.3 Å². The summed E-state index contributed by atoms with van der Waals surface area (Å²) in [6, 6.07) is 7.20. The number of hydrogen-bond acceptors (Lipinski definition) is 6. The van der Waals surface area contributed by atoms with E-state index < -0.39 is 5.91 Å². The number of pyridine rings is 1. The molecule has 1 amide bonds. The standard InChI is InChI=1S/C14H14N4O3/c15-10-6-18-13(4-9(10)14(16)19)17-5-8-1-2-11-12(3-8)21-7-20-11/h1-4,6H,5,7,15H2,(H2,16,19)(H,17,18). The average molecular weight is 286 g/mol. The van der Waals surface area contributed by atoms with Gasteiger partial charge in [0, 0.05) is 6.54 Å². The largest absolute Gasteiger partial charge is 0.454 e. The van der Waals surface area contributed by atoms with Crippen molar-refractivity contribution in [3.8, 4) is 11.5 Å². The maximum absolute atomic E-state index is 11.2. The number of anilines is 2. The van der Waals surface area contributed by atoms with Crippen molar-refractivity contribution in [2.75, 3.05) is 17.8 Å². The molecule has 0 radical (unpaired) electrons. The summed E-state index contributed by atoms with van der Waals surface area (Å²) in [5.74, 6) is 1.40. The van der Waals surface area contributed by atoms with Crippen LogP contribution in [0, 0.1) is 0 Å². The third-order valence-corrected chi connectivity index (χ3v) is 3.11. The summed E-state index contributed by atoms with van der Waals surface area (Å²) in [6.45, 7) is 0.763. The molecule has 2 heterocycles. The number of hydrogen-bond donors (Lipinski definition) is 3. The highest BCUT2D eigenvalue weighted by Gasteiger charge is 2.13. The first-order valence-corrected chi connectivity index (χ1v) is 6.31. The predicted molar refractivity (Wildman–Crippen MR) is 77.1 cm³/mol. The predicted octanol–water partition coefficient (Wildman–Crippen LogP) is 1.10. The van der Waals surface area contributed by atoms with Gasteiger partial charge in [0.05, 0.1) is 17.4 Å². The van der Waals surface area contributed by atoms with Crippen LogP contribution in [0.15, 0.2) is 30.5 Å². The van der Waals surface area contributed by atoms with Gasteiger partial charge in [-0.05, 0) is 23.8 Å². The zero-order valence-electron chi connectivity index (χ0n) is 11.1. The number of carbonyl (C=O) groups excluding carboxylic acids is 1. The Hall–Kier alpha value is -2.96. The number of nitrogens with two attached hydrogens (primary N) is 2. The van der Waals surface area contributed by atoms with E-state index in [-0.39, 0.29) is 18.0 Å². The third kappa shape index (κ3) is 2.66. The van der Waals surface area contributed by atoms with Crippen LogP contribution in [0.4, 0.5) is 11.5 Å². The van der Waals surface area contributed by atoms with Crippen molar-refractivity contribution in [3.63, 3.8) is 0 Å². The Balaban J connectivity index is 1.73. The summed E-state index contributed by atoms with van der Waals surface area (Å²) >= 11 is 0. The average Bonchev–Trinajstić information content (AvgIpc) is 2.93. The maximum atomic E-state index is 11.2. The fourth-order valence-corrected chi connectivity index (χ4v) is 2.02. The molecular weight excluding hydrogens is 272 g/mol. The Labute approximate surface area is 120 Å². The van der Waals surface area contributed by atoms with Crippen molar-refractivity contribution in [2.24, 2.45) is 5.73 Å². The van der Waals surface area contributed by atoms with Gasteiger partial charge in [-0.2, -0.15) is 0 Å². The molecule has 0 atom stereocenters. The highest BCUT2D eigenvalue weighted by atomic mass is 16.7. The van der Waals surface area contributed by atoms with Crippen LogP contribution in [0.3, 0.4) is 0 Å². The van der Waals surface area contributed by atoms with Crippen molar-refractivity contribution >= 4 is 17.4 Å².